The van der Waals surface area contributed by atoms with E-state index < -0.39 is 21.1 Å². The topological polar surface area (TPSA) is 43.1 Å². The minimum Gasteiger partial charge on any atom is -0.399 e. The van der Waals surface area contributed by atoms with Crippen LogP contribution in [0.25, 0.3) is 0 Å². The van der Waals surface area contributed by atoms with Gasteiger partial charge in [0, 0.05) is 26.1 Å². The molecule has 210 valence electrons. The van der Waals surface area contributed by atoms with Crippen LogP contribution in [0.3, 0.4) is 0 Å². The minimum atomic E-state index is -0.611. The van der Waals surface area contributed by atoms with E-state index >= 15 is 0 Å². The fraction of sp³-hybridized carbons (Fsp3) is 0. The van der Waals surface area contributed by atoms with E-state index in [0.717, 1.165) is 5.69 Å². The number of rotatable bonds is 4. The first-order valence-electron chi connectivity index (χ1n) is 12.1. The van der Waals surface area contributed by atoms with Gasteiger partial charge >= 0.3 is 0 Å². The van der Waals surface area contributed by atoms with Crippen molar-refractivity contribution < 1.29 is 25.2 Å². The summed E-state index contributed by atoms with van der Waals surface area (Å²) in [7, 11) is -0.842. The molecule has 0 amide bonds. The molecule has 0 aliphatic carbocycles. The van der Waals surface area contributed by atoms with Crippen molar-refractivity contribution in [3.05, 3.63) is 172 Å². The van der Waals surface area contributed by atoms with E-state index in [1.165, 1.54) is 21.2 Å². The molecule has 0 bridgehead atoms. The fourth-order valence-electron chi connectivity index (χ4n) is 3.18. The number of para-hydroxylation sites is 1. The Hall–Kier alpha value is -2.75. The van der Waals surface area contributed by atoms with Crippen LogP contribution in [0.4, 0.5) is 5.69 Å². The van der Waals surface area contributed by atoms with Gasteiger partial charge in [0.1, 0.15) is 0 Å². The van der Waals surface area contributed by atoms with Gasteiger partial charge in [0.2, 0.25) is 0 Å². The Balaban J connectivity index is 0.000000290. The van der Waals surface area contributed by atoms with Crippen LogP contribution in [0.15, 0.2) is 152 Å². The zero-order chi connectivity index (χ0) is 28.3. The van der Waals surface area contributed by atoms with Crippen LogP contribution >= 0.6 is 27.4 Å². The Morgan fingerprint density at radius 2 is 0.675 bits per heavy atom. The van der Waals surface area contributed by atoms with Crippen LogP contribution in [-0.4, -0.2) is 5.24 Å². The number of anilines is 1. The molecule has 5 rings (SSSR count). The third kappa shape index (κ3) is 14.6. The van der Waals surface area contributed by atoms with E-state index in [0.29, 0.717) is 0 Å². The largest absolute Gasteiger partial charge is 0.399 e. The van der Waals surface area contributed by atoms with Crippen molar-refractivity contribution in [2.45, 2.75) is 0 Å². The van der Waals surface area contributed by atoms with E-state index in [2.05, 4.69) is 129 Å². The molecule has 0 aromatic heterocycles. The molecule has 0 fully saturated rings. The molecule has 0 atom stereocenters. The van der Waals surface area contributed by atoms with Gasteiger partial charge in [-0.15, -0.1) is 0 Å². The summed E-state index contributed by atoms with van der Waals surface area (Å²) in [5, 5.41) is 4.70. The third-order valence-corrected chi connectivity index (χ3v) is 8.76. The van der Waals surface area contributed by atoms with Crippen molar-refractivity contribution in [3.63, 3.8) is 0 Å². The molecule has 0 saturated heterocycles. The monoisotopic (exact) mass is 674 g/mol. The maximum Gasteiger partial charge on any atom is 0.0851 e. The van der Waals surface area contributed by atoms with E-state index in [1.807, 2.05) is 54.6 Å². The molecule has 0 radical (unpaired) electrons. The van der Waals surface area contributed by atoms with Gasteiger partial charge in [-0.25, -0.2) is 15.8 Å². The quantitative estimate of drug-likeness (QED) is 0.0699. The number of benzene rings is 5. The molecule has 40 heavy (non-hydrogen) atoms. The van der Waals surface area contributed by atoms with Crippen molar-refractivity contribution in [1.82, 2.24) is 0 Å². The predicted octanol–water partition coefficient (Wildman–Crippen LogP) is 7.67. The first-order valence-corrected chi connectivity index (χ1v) is 15.5. The van der Waals surface area contributed by atoms with Crippen molar-refractivity contribution >= 4 is 59.6 Å². The number of hydrogen-bond donors (Lipinski definition) is 1. The van der Waals surface area contributed by atoms with Gasteiger partial charge in [-0.2, -0.15) is 0 Å². The predicted molar refractivity (Wildman–Crippen MR) is 176 cm³/mol. The number of nitrogens with two attached hydrogens (primary N) is 1. The summed E-state index contributed by atoms with van der Waals surface area (Å²) >= 11 is 4.52. The minimum absolute atomic E-state index is 0. The van der Waals surface area contributed by atoms with Gasteiger partial charge in [-0.05, 0) is 12.1 Å². The molecule has 0 heterocycles. The number of hydrogen-bond acceptors (Lipinski definition) is 2. The van der Waals surface area contributed by atoms with E-state index in [4.69, 9.17) is 10.5 Å². The average Bonchev–Trinajstić information content (AvgIpc) is 2.99. The van der Waals surface area contributed by atoms with Crippen LogP contribution in [-0.2, 0) is 25.2 Å². The summed E-state index contributed by atoms with van der Waals surface area (Å²) in [4.78, 5) is 9.10. The van der Waals surface area contributed by atoms with Crippen molar-refractivity contribution in [2.75, 3.05) is 5.73 Å². The second-order valence-corrected chi connectivity index (χ2v) is 12.2. The molecular formula is C34H33ClNOP2Pd-3. The Bertz CT molecular complexity index is 1150. The van der Waals surface area contributed by atoms with Gasteiger partial charge in [-0.3, -0.25) is 0 Å². The Kier molecular flexibility index (Phi) is 18.6. The maximum atomic E-state index is 9.10. The van der Waals surface area contributed by atoms with Crippen molar-refractivity contribution in [2.24, 2.45) is 0 Å². The number of halogens is 1. The van der Waals surface area contributed by atoms with Crippen molar-refractivity contribution in [3.8, 4) is 0 Å². The standard InChI is InChI=1S/2C13H12P.C6H7N.C2H2ClO.Pd/c2*1-14(12-8-4-2-5-9-12)13-10-6-3-7-11-13;7-6-4-2-1-3-5-6;1-2(3)4;/h2*2-11H,1H2;1-5H,7H2;1H2;/q2*-1;;-1;. The molecular weight excluding hydrogens is 642 g/mol. The Labute approximate surface area is 261 Å². The first kappa shape index (κ1) is 35.3. The van der Waals surface area contributed by atoms with E-state index in [1.54, 1.807) is 0 Å². The molecule has 2 N–H and O–H groups in total. The summed E-state index contributed by atoms with van der Waals surface area (Å²) in [5.74, 6) is 0. The molecule has 0 unspecified atom stereocenters. The summed E-state index contributed by atoms with van der Waals surface area (Å²) in [6.07, 6.45) is 0. The van der Waals surface area contributed by atoms with Gasteiger partial charge in [0.05, 0.1) is 5.24 Å². The van der Waals surface area contributed by atoms with Gasteiger partial charge in [0.25, 0.3) is 0 Å². The summed E-state index contributed by atoms with van der Waals surface area (Å²) in [6, 6.07) is 51.3. The van der Waals surface area contributed by atoms with Crippen LogP contribution in [0.5, 0.6) is 0 Å². The molecule has 0 saturated carbocycles. The fourth-order valence-corrected chi connectivity index (χ4v) is 5.91. The summed E-state index contributed by atoms with van der Waals surface area (Å²) in [5.41, 5.74) is 6.18. The molecule has 0 aliphatic rings. The second kappa shape index (κ2) is 21.1. The zero-order valence-electron chi connectivity index (χ0n) is 22.1. The smallest absolute Gasteiger partial charge is 0.0851 e. The maximum absolute atomic E-state index is 9.10. The van der Waals surface area contributed by atoms with Gasteiger partial charge in [0.15, 0.2) is 0 Å². The van der Waals surface area contributed by atoms with Crippen molar-refractivity contribution in [1.29, 1.82) is 0 Å². The van der Waals surface area contributed by atoms with Gasteiger partial charge < -0.3 is 30.8 Å². The molecule has 0 aliphatic heterocycles. The normalized spacial score (nSPS) is 9.43. The average molecular weight is 675 g/mol. The molecule has 5 aromatic rings. The zero-order valence-corrected chi connectivity index (χ0v) is 26.2. The van der Waals surface area contributed by atoms with Crippen LogP contribution in [0.2, 0.25) is 0 Å². The molecule has 6 heteroatoms. The molecule has 0 spiro atoms. The number of nitrogen functional groups attached to an aromatic ring is 1. The Morgan fingerprint density at radius 1 is 0.500 bits per heavy atom. The number of carbonyl (C=O) groups is 1. The summed E-state index contributed by atoms with van der Waals surface area (Å²) in [6.45, 7) is 11.3. The Morgan fingerprint density at radius 3 is 0.825 bits per heavy atom. The van der Waals surface area contributed by atoms with Crippen LogP contribution in [0, 0.1) is 20.3 Å². The second-order valence-electron chi connectivity index (χ2n) is 7.96. The van der Waals surface area contributed by atoms with Gasteiger partial charge in [-0.1, -0.05) is 172 Å². The SMILES string of the molecule is Nc1ccccc1.[CH2-]C(=O)Cl.[CH2-]P(c1ccccc1)c1ccccc1.[CH2-]P(c1ccccc1)c1ccccc1.[Pd]. The summed E-state index contributed by atoms with van der Waals surface area (Å²) < 4.78 is 0. The van der Waals surface area contributed by atoms with E-state index in [-0.39, 0.29) is 20.4 Å². The first-order chi connectivity index (χ1) is 18.9. The number of carbonyl (C=O) groups excluding carboxylic acids is 1. The molecule has 5 aromatic carbocycles. The third-order valence-electron chi connectivity index (χ3n) is 5.07. The van der Waals surface area contributed by atoms with Crippen LogP contribution in [0.1, 0.15) is 0 Å². The van der Waals surface area contributed by atoms with Crippen LogP contribution < -0.4 is 27.0 Å². The van der Waals surface area contributed by atoms with E-state index in [9.17, 15) is 0 Å². The molecule has 2 nitrogen and oxygen atoms in total.